The summed E-state index contributed by atoms with van der Waals surface area (Å²) in [4.78, 5) is 31.1. The van der Waals surface area contributed by atoms with E-state index in [1.54, 1.807) is 7.05 Å². The summed E-state index contributed by atoms with van der Waals surface area (Å²) in [5.41, 5.74) is 3.66. The van der Waals surface area contributed by atoms with Crippen LogP contribution in [0.25, 0.3) is 0 Å². The van der Waals surface area contributed by atoms with Gasteiger partial charge in [-0.15, -0.1) is 0 Å². The summed E-state index contributed by atoms with van der Waals surface area (Å²) in [6.07, 6.45) is 5.20. The highest BCUT2D eigenvalue weighted by molar-refractivity contribution is 6.06. The van der Waals surface area contributed by atoms with Crippen LogP contribution in [0.15, 0.2) is 35.3 Å². The second kappa shape index (κ2) is 7.30. The van der Waals surface area contributed by atoms with Gasteiger partial charge in [-0.05, 0) is 34.9 Å². The topological polar surface area (TPSA) is 83.0 Å². The highest BCUT2D eigenvalue weighted by atomic mass is 16.5. The maximum Gasteiger partial charge on any atom is 0.233 e. The number of fused-ring (bicyclic) bond motifs is 6. The fraction of sp³-hybridized carbons (Fsp3) is 0.500. The Morgan fingerprint density at radius 2 is 1.83 bits per heavy atom. The Morgan fingerprint density at radius 1 is 1.10 bits per heavy atom. The molecule has 1 aromatic carbocycles. The van der Waals surface area contributed by atoms with Gasteiger partial charge in [0.1, 0.15) is 0 Å². The lowest BCUT2D eigenvalue weighted by Crippen LogP contribution is -2.43. The molecule has 0 spiro atoms. The largest absolute Gasteiger partial charge is 0.372 e. The fourth-order valence-corrected chi connectivity index (χ4v) is 5.21. The number of carbonyl (C=O) groups excluding carboxylic acids is 2. The first-order valence-electron chi connectivity index (χ1n) is 10.3. The molecule has 2 N–H and O–H groups in total. The van der Waals surface area contributed by atoms with Crippen LogP contribution in [-0.2, 0) is 34.1 Å². The lowest BCUT2D eigenvalue weighted by molar-refractivity contribution is -0.140. The monoisotopic (exact) mass is 394 g/mol. The Balaban J connectivity index is 1.12. The molecular weight excluding hydrogens is 368 g/mol. The highest BCUT2D eigenvalue weighted by Crippen LogP contribution is 2.52. The number of rotatable bonds is 5. The van der Waals surface area contributed by atoms with Gasteiger partial charge < -0.3 is 15.4 Å². The standard InChI is InChI=1S/C22H26N4O3/c1-23-22(25-10-13-2-3-16-11-29-12-17(16)8-13)24-6-7-26-20(27)18-14-4-5-15(9-14)19(18)21(26)28/h2-5,8,14-15,18-19H,6-7,9-12H2,1H3,(H2,23,24,25). The molecule has 2 aliphatic carbocycles. The third-order valence-corrected chi connectivity index (χ3v) is 6.66. The van der Waals surface area contributed by atoms with E-state index in [0.29, 0.717) is 38.8 Å². The minimum atomic E-state index is -0.126. The molecule has 1 saturated heterocycles. The summed E-state index contributed by atoms with van der Waals surface area (Å²) in [6.45, 7) is 2.87. The lowest BCUT2D eigenvalue weighted by atomic mass is 9.85. The zero-order valence-electron chi connectivity index (χ0n) is 16.6. The Hall–Kier alpha value is -2.67. The number of hydrogen-bond acceptors (Lipinski definition) is 4. The molecule has 7 heteroatoms. The molecule has 2 aliphatic heterocycles. The number of nitrogens with one attached hydrogen (secondary N) is 2. The number of likely N-dealkylation sites (tertiary alicyclic amines) is 1. The fourth-order valence-electron chi connectivity index (χ4n) is 5.21. The van der Waals surface area contributed by atoms with Crippen molar-refractivity contribution in [1.29, 1.82) is 0 Å². The first-order chi connectivity index (χ1) is 14.2. The summed E-state index contributed by atoms with van der Waals surface area (Å²) >= 11 is 0. The van der Waals surface area contributed by atoms with E-state index in [0.717, 1.165) is 12.0 Å². The van der Waals surface area contributed by atoms with Crippen molar-refractivity contribution in [2.45, 2.75) is 26.2 Å². The van der Waals surface area contributed by atoms with Crippen molar-refractivity contribution < 1.29 is 14.3 Å². The smallest absolute Gasteiger partial charge is 0.233 e. The maximum atomic E-state index is 12.7. The Kier molecular flexibility index (Phi) is 4.62. The molecule has 1 aromatic rings. The summed E-state index contributed by atoms with van der Waals surface area (Å²) in [5, 5.41) is 6.50. The third kappa shape index (κ3) is 3.13. The van der Waals surface area contributed by atoms with Crippen molar-refractivity contribution in [2.75, 3.05) is 20.1 Å². The van der Waals surface area contributed by atoms with E-state index in [1.165, 1.54) is 16.0 Å². The van der Waals surface area contributed by atoms with Crippen molar-refractivity contribution in [3.8, 4) is 0 Å². The van der Waals surface area contributed by atoms with Gasteiger partial charge in [-0.2, -0.15) is 0 Å². The Labute approximate surface area is 170 Å². The number of nitrogens with zero attached hydrogens (tertiary/aromatic N) is 2. The molecule has 1 saturated carbocycles. The first kappa shape index (κ1) is 18.4. The van der Waals surface area contributed by atoms with Crippen molar-refractivity contribution in [3.63, 3.8) is 0 Å². The zero-order chi connectivity index (χ0) is 20.0. The van der Waals surface area contributed by atoms with Gasteiger partial charge in [0.15, 0.2) is 5.96 Å². The van der Waals surface area contributed by atoms with E-state index < -0.39 is 0 Å². The molecule has 4 atom stereocenters. The number of allylic oxidation sites excluding steroid dienone is 2. The first-order valence-corrected chi connectivity index (χ1v) is 10.3. The van der Waals surface area contributed by atoms with E-state index in [4.69, 9.17) is 4.74 Å². The average Bonchev–Trinajstić information content (AvgIpc) is 3.50. The van der Waals surface area contributed by atoms with E-state index in [2.05, 4.69) is 46.0 Å². The quantitative estimate of drug-likeness (QED) is 0.339. The normalized spacial score (nSPS) is 29.6. The van der Waals surface area contributed by atoms with Crippen LogP contribution >= 0.6 is 0 Å². The number of aliphatic imine (C=N–C) groups is 1. The van der Waals surface area contributed by atoms with Crippen LogP contribution in [0.5, 0.6) is 0 Å². The molecule has 2 amide bonds. The second-order valence-electron chi connectivity index (χ2n) is 8.28. The molecular formula is C22H26N4O3. The average molecular weight is 394 g/mol. The van der Waals surface area contributed by atoms with Gasteiger partial charge in [0.2, 0.25) is 11.8 Å². The minimum absolute atomic E-state index is 0.00181. The molecule has 4 unspecified atom stereocenters. The highest BCUT2D eigenvalue weighted by Gasteiger charge is 2.58. The number of hydrogen-bond donors (Lipinski definition) is 2. The predicted octanol–water partition coefficient (Wildman–Crippen LogP) is 1.19. The van der Waals surface area contributed by atoms with Crippen molar-refractivity contribution in [1.82, 2.24) is 15.5 Å². The molecule has 29 heavy (non-hydrogen) atoms. The number of carbonyl (C=O) groups is 2. The summed E-state index contributed by atoms with van der Waals surface area (Å²) in [6, 6.07) is 6.36. The SMILES string of the molecule is CN=C(NCCN1C(=O)C2C3C=CC(C3)C2C1=O)NCc1ccc2c(c1)COC2. The second-order valence-corrected chi connectivity index (χ2v) is 8.28. The van der Waals surface area contributed by atoms with Crippen LogP contribution in [0.1, 0.15) is 23.1 Å². The molecule has 7 nitrogen and oxygen atoms in total. The van der Waals surface area contributed by atoms with Crippen LogP contribution in [-0.4, -0.2) is 42.8 Å². The van der Waals surface area contributed by atoms with Crippen LogP contribution < -0.4 is 10.6 Å². The lowest BCUT2D eigenvalue weighted by Gasteiger charge is -2.18. The third-order valence-electron chi connectivity index (χ3n) is 6.66. The number of benzene rings is 1. The zero-order valence-corrected chi connectivity index (χ0v) is 16.6. The summed E-state index contributed by atoms with van der Waals surface area (Å²) in [5.74, 6) is 0.919. The van der Waals surface area contributed by atoms with Gasteiger partial charge in [-0.25, -0.2) is 0 Å². The minimum Gasteiger partial charge on any atom is -0.372 e. The number of amides is 2. The van der Waals surface area contributed by atoms with Gasteiger partial charge in [-0.3, -0.25) is 19.5 Å². The Morgan fingerprint density at radius 3 is 2.55 bits per heavy atom. The summed E-state index contributed by atoms with van der Waals surface area (Å²) in [7, 11) is 1.71. The van der Waals surface area contributed by atoms with Crippen LogP contribution in [0.4, 0.5) is 0 Å². The number of imide groups is 1. The van der Waals surface area contributed by atoms with E-state index in [1.807, 2.05) is 0 Å². The summed E-state index contributed by atoms with van der Waals surface area (Å²) < 4.78 is 5.46. The Bertz CT molecular complexity index is 879. The number of ether oxygens (including phenoxy) is 1. The van der Waals surface area contributed by atoms with Crippen molar-refractivity contribution in [3.05, 3.63) is 47.0 Å². The number of guanidine groups is 1. The predicted molar refractivity (Wildman–Crippen MR) is 108 cm³/mol. The molecule has 2 fully saturated rings. The van der Waals surface area contributed by atoms with Gasteiger partial charge in [-0.1, -0.05) is 30.4 Å². The molecule has 0 radical (unpaired) electrons. The molecule has 152 valence electrons. The van der Waals surface area contributed by atoms with Crippen LogP contribution in [0.3, 0.4) is 0 Å². The van der Waals surface area contributed by atoms with Gasteiger partial charge in [0, 0.05) is 26.7 Å². The van der Waals surface area contributed by atoms with Crippen LogP contribution in [0, 0.1) is 23.7 Å². The maximum absolute atomic E-state index is 12.7. The van der Waals surface area contributed by atoms with E-state index >= 15 is 0 Å². The van der Waals surface area contributed by atoms with Crippen LogP contribution in [0.2, 0.25) is 0 Å². The molecule has 0 aromatic heterocycles. The van der Waals surface area contributed by atoms with Gasteiger partial charge >= 0.3 is 0 Å². The van der Waals surface area contributed by atoms with Crippen molar-refractivity contribution >= 4 is 17.8 Å². The van der Waals surface area contributed by atoms with Gasteiger partial charge in [0.05, 0.1) is 25.0 Å². The van der Waals surface area contributed by atoms with E-state index in [9.17, 15) is 9.59 Å². The molecule has 2 bridgehead atoms. The van der Waals surface area contributed by atoms with E-state index in [-0.39, 0.29) is 35.5 Å². The molecule has 4 aliphatic rings. The van der Waals surface area contributed by atoms with Gasteiger partial charge in [0.25, 0.3) is 0 Å². The van der Waals surface area contributed by atoms with Crippen molar-refractivity contribution in [2.24, 2.45) is 28.7 Å². The molecule has 2 heterocycles. The molecule has 5 rings (SSSR count).